The number of alkyl halides is 1. The van der Waals surface area contributed by atoms with Gasteiger partial charge in [-0.1, -0.05) is 61.1 Å². The predicted molar refractivity (Wildman–Crippen MR) is 206 cm³/mol. The number of allylic oxidation sites excluding steroid dienone is 6. The highest BCUT2D eigenvalue weighted by molar-refractivity contribution is 14.1. The Balaban J connectivity index is 1.49. The van der Waals surface area contributed by atoms with Gasteiger partial charge in [-0.05, 0) is 68.7 Å². The highest BCUT2D eigenvalue weighted by Crippen LogP contribution is 2.48. The van der Waals surface area contributed by atoms with E-state index in [0.29, 0.717) is 36.9 Å². The minimum Gasteiger partial charge on any atom is -0.354 e. The summed E-state index contributed by atoms with van der Waals surface area (Å²) in [7, 11) is -6.84. The fourth-order valence-electron chi connectivity index (χ4n) is 6.66. The van der Waals surface area contributed by atoms with Gasteiger partial charge in [-0.25, -0.2) is 0 Å². The molecular weight excluding hydrogens is 807 g/mol. The molecule has 276 valence electrons. The summed E-state index contributed by atoms with van der Waals surface area (Å²) < 4.78 is 69.3. The van der Waals surface area contributed by atoms with Crippen molar-refractivity contribution in [3.05, 3.63) is 83.6 Å². The minimum absolute atomic E-state index is 0.0695. The van der Waals surface area contributed by atoms with E-state index in [-0.39, 0.29) is 21.6 Å². The topological polar surface area (TPSA) is 173 Å². The van der Waals surface area contributed by atoms with Crippen LogP contribution in [0.15, 0.2) is 82.3 Å². The second-order valence-corrected chi connectivity index (χ2v) is 17.2. The van der Waals surface area contributed by atoms with E-state index in [0.717, 1.165) is 46.8 Å². The molecule has 2 heterocycles. The number of nitrogens with zero attached hydrogens (tertiary/aromatic N) is 2. The van der Waals surface area contributed by atoms with Crippen molar-refractivity contribution in [1.29, 1.82) is 0 Å². The average molecular weight is 854 g/mol. The summed E-state index contributed by atoms with van der Waals surface area (Å²) in [5, 5.41) is 5.54. The van der Waals surface area contributed by atoms with Gasteiger partial charge in [-0.3, -0.25) is 18.7 Å². The van der Waals surface area contributed by atoms with E-state index >= 15 is 0 Å². The second kappa shape index (κ2) is 16.1. The normalized spacial score (nSPS) is 17.4. The number of carbonyl (C=O) groups excluding carboxylic acids is 2. The van der Waals surface area contributed by atoms with Gasteiger partial charge < -0.3 is 15.5 Å². The molecule has 0 spiro atoms. The van der Waals surface area contributed by atoms with E-state index < -0.39 is 31.1 Å². The van der Waals surface area contributed by atoms with E-state index in [1.54, 1.807) is 12.1 Å². The first-order valence-electron chi connectivity index (χ1n) is 16.6. The zero-order valence-corrected chi connectivity index (χ0v) is 33.2. The van der Waals surface area contributed by atoms with Crippen LogP contribution in [0.5, 0.6) is 0 Å². The van der Waals surface area contributed by atoms with Gasteiger partial charge in [0.2, 0.25) is 17.5 Å². The van der Waals surface area contributed by atoms with Gasteiger partial charge in [-0.2, -0.15) is 21.4 Å². The summed E-state index contributed by atoms with van der Waals surface area (Å²) in [5.74, 6) is -0.140. The number of nitrogens with one attached hydrogen (secondary N) is 2. The third kappa shape index (κ3) is 9.35. The molecule has 0 saturated carbocycles. The Morgan fingerprint density at radius 3 is 2.06 bits per heavy atom. The lowest BCUT2D eigenvalue weighted by Gasteiger charge is -2.27. The average Bonchev–Trinajstić information content (AvgIpc) is 3.38. The molecule has 2 amide bonds. The smallest absolute Gasteiger partial charge is 0.294 e. The molecule has 0 radical (unpaired) electrons. The number of hydrogen-bond donors (Lipinski definition) is 4. The molecule has 0 atom stereocenters. The molecule has 2 aliphatic heterocycles. The summed E-state index contributed by atoms with van der Waals surface area (Å²) in [6.45, 7) is 9.39. The molecule has 0 aromatic heterocycles. The lowest BCUT2D eigenvalue weighted by Crippen LogP contribution is -2.35. The molecule has 0 unspecified atom stereocenters. The van der Waals surface area contributed by atoms with E-state index in [9.17, 15) is 35.5 Å². The van der Waals surface area contributed by atoms with Gasteiger partial charge in [0.1, 0.15) is 7.05 Å². The second-order valence-electron chi connectivity index (χ2n) is 13.6. The Bertz CT molecular complexity index is 2030. The molecular formula is C36H46IN4O8S2+. The van der Waals surface area contributed by atoms with Crippen LogP contribution >= 0.6 is 22.6 Å². The van der Waals surface area contributed by atoms with Crippen molar-refractivity contribution in [3.63, 3.8) is 0 Å². The van der Waals surface area contributed by atoms with E-state index in [1.807, 2.05) is 92.3 Å². The van der Waals surface area contributed by atoms with Crippen LogP contribution in [0, 0.1) is 0 Å². The summed E-state index contributed by atoms with van der Waals surface area (Å²) in [5.41, 5.74) is 4.01. The van der Waals surface area contributed by atoms with E-state index in [4.69, 9.17) is 0 Å². The molecule has 0 fully saturated rings. The number of benzene rings is 2. The molecule has 12 nitrogen and oxygen atoms in total. The first-order valence-corrected chi connectivity index (χ1v) is 21.0. The van der Waals surface area contributed by atoms with Crippen LogP contribution in [-0.4, -0.2) is 79.2 Å². The number of anilines is 1. The number of unbranched alkanes of at least 4 members (excludes halogenated alkanes) is 2. The molecule has 2 aromatic carbocycles. The molecule has 2 aliphatic rings. The van der Waals surface area contributed by atoms with Gasteiger partial charge in [0.25, 0.3) is 20.2 Å². The lowest BCUT2D eigenvalue weighted by molar-refractivity contribution is -0.401. The van der Waals surface area contributed by atoms with E-state index in [2.05, 4.69) is 15.5 Å². The molecule has 15 heteroatoms. The summed E-state index contributed by atoms with van der Waals surface area (Å²) in [6, 6.07) is 9.23. The number of hydrogen-bond acceptors (Lipinski definition) is 7. The lowest BCUT2D eigenvalue weighted by atomic mass is 9.81. The fraction of sp³-hybridized carbons (Fsp3) is 0.417. The van der Waals surface area contributed by atoms with Gasteiger partial charge in [0, 0.05) is 60.6 Å². The van der Waals surface area contributed by atoms with Crippen molar-refractivity contribution in [2.24, 2.45) is 0 Å². The maximum atomic E-state index is 12.2. The Morgan fingerprint density at radius 1 is 0.824 bits per heavy atom. The molecule has 2 aromatic rings. The first-order chi connectivity index (χ1) is 23.8. The van der Waals surface area contributed by atoms with Crippen molar-refractivity contribution in [2.75, 3.05) is 36.0 Å². The number of fused-ring (bicyclic) bond motifs is 2. The van der Waals surface area contributed by atoms with Crippen molar-refractivity contribution < 1.29 is 40.1 Å². The Morgan fingerprint density at radius 2 is 1.43 bits per heavy atom. The Kier molecular flexibility index (Phi) is 12.8. The zero-order valence-electron chi connectivity index (χ0n) is 29.4. The van der Waals surface area contributed by atoms with Crippen molar-refractivity contribution in [2.45, 2.75) is 74.0 Å². The molecule has 51 heavy (non-hydrogen) atoms. The predicted octanol–water partition coefficient (Wildman–Crippen LogP) is 5.21. The van der Waals surface area contributed by atoms with Crippen LogP contribution in [-0.2, 0) is 40.7 Å². The number of halogens is 1. The fourth-order valence-corrected chi connectivity index (χ4v) is 7.94. The zero-order chi connectivity index (χ0) is 37.8. The standard InChI is InChI=1S/C36H45IN4O8S2/c1-35(2)27-22-25(50(44,45)46)15-17-29(27)40(5)31(35)12-8-6-9-13-32-36(3,4)28-23-26(51(47,48)49)16-18-30(28)41(32)21-11-7-10-14-33(42)38-19-20-39-34(43)24-37/h6,8-9,12-13,15-18,22-23H,7,10-11,14,19-21,24H2,1-5H3,(H3-,38,39,42,43,44,45,46,47,48,49)/p+1. The van der Waals surface area contributed by atoms with Gasteiger partial charge >= 0.3 is 0 Å². The first kappa shape index (κ1) is 40.4. The van der Waals surface area contributed by atoms with Crippen LogP contribution in [0.4, 0.5) is 11.4 Å². The van der Waals surface area contributed by atoms with Crippen molar-refractivity contribution >= 4 is 71.7 Å². The Labute approximate surface area is 314 Å². The maximum absolute atomic E-state index is 12.2. The number of rotatable bonds is 15. The molecule has 0 aliphatic carbocycles. The quantitative estimate of drug-likeness (QED) is 0.0469. The summed E-state index contributed by atoms with van der Waals surface area (Å²) in [6.07, 6.45) is 12.3. The molecule has 0 bridgehead atoms. The highest BCUT2D eigenvalue weighted by atomic mass is 127. The third-order valence-electron chi connectivity index (χ3n) is 9.37. The van der Waals surface area contributed by atoms with Gasteiger partial charge in [0.15, 0.2) is 5.71 Å². The minimum atomic E-state index is -4.40. The third-order valence-corrected chi connectivity index (χ3v) is 11.8. The van der Waals surface area contributed by atoms with Crippen molar-refractivity contribution in [3.8, 4) is 0 Å². The van der Waals surface area contributed by atoms with Crippen LogP contribution in [0.3, 0.4) is 0 Å². The molecule has 4 N–H and O–H groups in total. The molecule has 0 saturated heterocycles. The SMILES string of the molecule is C[N+]1=C(/C=C/C=C/C=C2\N(CCCCCC(=O)NCCNC(=O)CI)c3ccc(S(=O)(=O)O)cc3C2(C)C)C(C)(C)c2cc(S(=O)(=O)O)ccc21. The van der Waals surface area contributed by atoms with Gasteiger partial charge in [0.05, 0.1) is 19.6 Å². The highest BCUT2D eigenvalue weighted by Gasteiger charge is 2.44. The van der Waals surface area contributed by atoms with E-state index in [1.165, 1.54) is 24.3 Å². The molecule has 4 rings (SSSR count). The largest absolute Gasteiger partial charge is 0.354 e. The number of amides is 2. The van der Waals surface area contributed by atoms with Crippen molar-refractivity contribution in [1.82, 2.24) is 10.6 Å². The van der Waals surface area contributed by atoms with Gasteiger partial charge in [-0.15, -0.1) is 0 Å². The number of carbonyl (C=O) groups is 2. The Hall–Kier alpha value is -3.38. The summed E-state index contributed by atoms with van der Waals surface area (Å²) >= 11 is 1.98. The van der Waals surface area contributed by atoms with Crippen LogP contribution in [0.25, 0.3) is 0 Å². The van der Waals surface area contributed by atoms with Crippen LogP contribution in [0.1, 0.15) is 64.5 Å². The van der Waals surface area contributed by atoms with Crippen LogP contribution < -0.4 is 15.5 Å². The van der Waals surface area contributed by atoms with Crippen LogP contribution in [0.2, 0.25) is 0 Å². The maximum Gasteiger partial charge on any atom is 0.294 e. The summed E-state index contributed by atoms with van der Waals surface area (Å²) in [4.78, 5) is 25.4. The monoisotopic (exact) mass is 853 g/mol.